The van der Waals surface area contributed by atoms with Gasteiger partial charge in [-0.15, -0.1) is 0 Å². The third-order valence-electron chi connectivity index (χ3n) is 5.54. The Labute approximate surface area is 152 Å². The van der Waals surface area contributed by atoms with Gasteiger partial charge in [0.05, 0.1) is 7.11 Å². The van der Waals surface area contributed by atoms with Crippen molar-refractivity contribution in [2.24, 2.45) is 0 Å². The lowest BCUT2D eigenvalue weighted by Gasteiger charge is -2.29. The monoisotopic (exact) mass is 356 g/mol. The number of rotatable bonds is 3. The van der Waals surface area contributed by atoms with Crippen molar-refractivity contribution in [1.82, 2.24) is 20.0 Å². The molecule has 4 rings (SSSR count). The third kappa shape index (κ3) is 3.43. The van der Waals surface area contributed by atoms with E-state index in [1.807, 2.05) is 12.3 Å². The van der Waals surface area contributed by atoms with Gasteiger partial charge >= 0.3 is 6.09 Å². The van der Waals surface area contributed by atoms with Crippen LogP contribution in [0.4, 0.5) is 4.79 Å². The maximum absolute atomic E-state index is 11.6. The van der Waals surface area contributed by atoms with Gasteiger partial charge in [-0.2, -0.15) is 4.98 Å². The van der Waals surface area contributed by atoms with Gasteiger partial charge in [0.25, 0.3) is 5.89 Å². The van der Waals surface area contributed by atoms with Crippen LogP contribution in [0.1, 0.15) is 61.9 Å². The van der Waals surface area contributed by atoms with Crippen molar-refractivity contribution in [3.8, 4) is 11.5 Å². The van der Waals surface area contributed by atoms with Crippen molar-refractivity contribution in [2.45, 2.75) is 50.4 Å². The molecule has 0 radical (unpaired) electrons. The van der Waals surface area contributed by atoms with Gasteiger partial charge in [0.15, 0.2) is 5.82 Å². The Morgan fingerprint density at radius 1 is 1.19 bits per heavy atom. The first-order valence-corrected chi connectivity index (χ1v) is 9.37. The topological polar surface area (TPSA) is 81.4 Å². The standard InChI is InChI=1S/C19H24N4O3/c1-25-19(24)23-10-7-14(8-11-23)17-21-18(26-22-17)15-6-9-20-16(12-15)13-4-2-3-5-13/h6,9,12-14H,2-5,7-8,10-11H2,1H3. The maximum atomic E-state index is 11.6. The summed E-state index contributed by atoms with van der Waals surface area (Å²) in [5.74, 6) is 2.05. The van der Waals surface area contributed by atoms with E-state index in [4.69, 9.17) is 9.26 Å². The quantitative estimate of drug-likeness (QED) is 0.833. The lowest BCUT2D eigenvalue weighted by molar-refractivity contribution is 0.111. The number of likely N-dealkylation sites (tertiary alicyclic amines) is 1. The van der Waals surface area contributed by atoms with Crippen LogP contribution < -0.4 is 0 Å². The zero-order valence-corrected chi connectivity index (χ0v) is 15.1. The Bertz CT molecular complexity index is 762. The van der Waals surface area contributed by atoms with Gasteiger partial charge in [0.2, 0.25) is 0 Å². The summed E-state index contributed by atoms with van der Waals surface area (Å²) < 4.78 is 10.3. The SMILES string of the molecule is COC(=O)N1CCC(c2noc(-c3ccnc(C4CCCC4)c3)n2)CC1. The lowest BCUT2D eigenvalue weighted by atomic mass is 9.96. The summed E-state index contributed by atoms with van der Waals surface area (Å²) in [7, 11) is 1.41. The second-order valence-electron chi connectivity index (χ2n) is 7.14. The van der Waals surface area contributed by atoms with E-state index >= 15 is 0 Å². The van der Waals surface area contributed by atoms with E-state index in [9.17, 15) is 4.79 Å². The van der Waals surface area contributed by atoms with Gasteiger partial charge in [-0.3, -0.25) is 4.98 Å². The van der Waals surface area contributed by atoms with Crippen molar-refractivity contribution in [3.05, 3.63) is 29.8 Å². The van der Waals surface area contributed by atoms with Crippen LogP contribution in [-0.4, -0.2) is 46.3 Å². The number of hydrogen-bond acceptors (Lipinski definition) is 6. The fourth-order valence-corrected chi connectivity index (χ4v) is 3.99. The number of piperidine rings is 1. The number of pyridine rings is 1. The maximum Gasteiger partial charge on any atom is 0.409 e. The highest BCUT2D eigenvalue weighted by Gasteiger charge is 2.27. The van der Waals surface area contributed by atoms with Crippen molar-refractivity contribution in [3.63, 3.8) is 0 Å². The molecule has 7 heteroatoms. The van der Waals surface area contributed by atoms with Crippen LogP contribution >= 0.6 is 0 Å². The number of aromatic nitrogens is 3. The first-order valence-electron chi connectivity index (χ1n) is 9.37. The first-order chi connectivity index (χ1) is 12.7. The molecule has 138 valence electrons. The average Bonchev–Trinajstić information content (AvgIpc) is 3.40. The summed E-state index contributed by atoms with van der Waals surface area (Å²) in [4.78, 5) is 22.5. The highest BCUT2D eigenvalue weighted by molar-refractivity contribution is 5.67. The molecule has 1 saturated heterocycles. The van der Waals surface area contributed by atoms with E-state index in [0.717, 1.165) is 29.9 Å². The van der Waals surface area contributed by atoms with Gasteiger partial charge in [-0.25, -0.2) is 4.79 Å². The molecule has 2 aromatic rings. The van der Waals surface area contributed by atoms with E-state index in [1.54, 1.807) is 4.90 Å². The summed E-state index contributed by atoms with van der Waals surface area (Å²) in [5.41, 5.74) is 2.07. The fraction of sp³-hybridized carbons (Fsp3) is 0.579. The highest BCUT2D eigenvalue weighted by Crippen LogP contribution is 2.34. The molecule has 0 aromatic carbocycles. The minimum atomic E-state index is -0.270. The Balaban J connectivity index is 1.45. The molecule has 2 fully saturated rings. The molecule has 26 heavy (non-hydrogen) atoms. The summed E-state index contributed by atoms with van der Waals surface area (Å²) in [6.45, 7) is 1.31. The number of ether oxygens (including phenoxy) is 1. The van der Waals surface area contributed by atoms with E-state index < -0.39 is 0 Å². The molecule has 0 unspecified atom stereocenters. The number of methoxy groups -OCH3 is 1. The lowest BCUT2D eigenvalue weighted by Crippen LogP contribution is -2.37. The Kier molecular flexibility index (Phi) is 4.86. The highest BCUT2D eigenvalue weighted by atomic mass is 16.5. The Morgan fingerprint density at radius 3 is 2.69 bits per heavy atom. The summed E-state index contributed by atoms with van der Waals surface area (Å²) in [6.07, 6.45) is 8.19. The number of amides is 1. The second kappa shape index (κ2) is 7.43. The Morgan fingerprint density at radius 2 is 1.96 bits per heavy atom. The van der Waals surface area contributed by atoms with Gasteiger partial charge in [-0.05, 0) is 37.8 Å². The second-order valence-corrected chi connectivity index (χ2v) is 7.14. The predicted molar refractivity (Wildman–Crippen MR) is 94.7 cm³/mol. The summed E-state index contributed by atoms with van der Waals surface area (Å²) in [5, 5.41) is 4.19. The Hall–Kier alpha value is -2.44. The van der Waals surface area contributed by atoms with Gasteiger partial charge < -0.3 is 14.2 Å². The van der Waals surface area contributed by atoms with Crippen LogP contribution in [0.25, 0.3) is 11.5 Å². The average molecular weight is 356 g/mol. The normalized spacial score (nSPS) is 19.0. The zero-order chi connectivity index (χ0) is 17.9. The molecular formula is C19H24N4O3. The molecule has 3 heterocycles. The fourth-order valence-electron chi connectivity index (χ4n) is 3.99. The largest absolute Gasteiger partial charge is 0.453 e. The number of hydrogen-bond donors (Lipinski definition) is 0. The van der Waals surface area contributed by atoms with E-state index in [0.29, 0.717) is 24.9 Å². The molecule has 1 saturated carbocycles. The first kappa shape index (κ1) is 17.0. The third-order valence-corrected chi connectivity index (χ3v) is 5.54. The molecule has 0 atom stereocenters. The van der Waals surface area contributed by atoms with Crippen LogP contribution in [0.2, 0.25) is 0 Å². The minimum Gasteiger partial charge on any atom is -0.453 e. The molecule has 2 aliphatic rings. The van der Waals surface area contributed by atoms with Crippen molar-refractivity contribution in [1.29, 1.82) is 0 Å². The molecule has 0 N–H and O–H groups in total. The number of carbonyl (C=O) groups is 1. The summed E-state index contributed by atoms with van der Waals surface area (Å²) >= 11 is 0. The summed E-state index contributed by atoms with van der Waals surface area (Å²) in [6, 6.07) is 4.02. The van der Waals surface area contributed by atoms with Gasteiger partial charge in [0, 0.05) is 42.4 Å². The minimum absolute atomic E-state index is 0.213. The van der Waals surface area contributed by atoms with Crippen molar-refractivity contribution in [2.75, 3.05) is 20.2 Å². The van der Waals surface area contributed by atoms with Crippen LogP contribution in [0.3, 0.4) is 0 Å². The molecule has 2 aromatic heterocycles. The molecule has 1 aliphatic carbocycles. The predicted octanol–water partition coefficient (Wildman–Crippen LogP) is 3.74. The smallest absolute Gasteiger partial charge is 0.409 e. The van der Waals surface area contributed by atoms with Crippen LogP contribution in [-0.2, 0) is 4.74 Å². The van der Waals surface area contributed by atoms with Crippen LogP contribution in [0, 0.1) is 0 Å². The van der Waals surface area contributed by atoms with Gasteiger partial charge in [0.1, 0.15) is 0 Å². The van der Waals surface area contributed by atoms with E-state index in [1.165, 1.54) is 32.8 Å². The van der Waals surface area contributed by atoms with Crippen LogP contribution in [0.5, 0.6) is 0 Å². The molecule has 1 aliphatic heterocycles. The number of nitrogens with zero attached hydrogens (tertiary/aromatic N) is 4. The van der Waals surface area contributed by atoms with Crippen molar-refractivity contribution >= 4 is 6.09 Å². The van der Waals surface area contributed by atoms with E-state index in [2.05, 4.69) is 21.2 Å². The molecule has 1 amide bonds. The molecular weight excluding hydrogens is 332 g/mol. The zero-order valence-electron chi connectivity index (χ0n) is 15.1. The van der Waals surface area contributed by atoms with Gasteiger partial charge in [-0.1, -0.05) is 18.0 Å². The molecule has 0 spiro atoms. The van der Waals surface area contributed by atoms with E-state index in [-0.39, 0.29) is 12.0 Å². The van der Waals surface area contributed by atoms with Crippen LogP contribution in [0.15, 0.2) is 22.9 Å². The van der Waals surface area contributed by atoms with Crippen molar-refractivity contribution < 1.29 is 14.1 Å². The molecule has 0 bridgehead atoms. The number of carbonyl (C=O) groups excluding carboxylic acids is 1. The molecule has 7 nitrogen and oxygen atoms in total.